The quantitative estimate of drug-likeness (QED) is 0.799. The van der Waals surface area contributed by atoms with Crippen molar-refractivity contribution < 1.29 is 4.79 Å². The number of carbonyl (C=O) groups is 1. The minimum Gasteiger partial charge on any atom is -0.336 e. The zero-order valence-electron chi connectivity index (χ0n) is 10.8. The average Bonchev–Trinajstić information content (AvgIpc) is 2.36. The summed E-state index contributed by atoms with van der Waals surface area (Å²) in [5.74, 6) is 0.0563. The Morgan fingerprint density at radius 3 is 2.72 bits per heavy atom. The van der Waals surface area contributed by atoms with Crippen LogP contribution in [0.15, 0.2) is 30.5 Å². The van der Waals surface area contributed by atoms with Crippen molar-refractivity contribution in [3.63, 3.8) is 0 Å². The van der Waals surface area contributed by atoms with Gasteiger partial charge in [0.15, 0.2) is 0 Å². The van der Waals surface area contributed by atoms with Crippen molar-refractivity contribution >= 4 is 12.0 Å². The largest absolute Gasteiger partial charge is 0.336 e. The Hall–Kier alpha value is -1.68. The second-order valence-corrected chi connectivity index (χ2v) is 4.80. The molecule has 0 aromatic carbocycles. The van der Waals surface area contributed by atoms with Crippen molar-refractivity contribution in [3.8, 4) is 0 Å². The Balaban J connectivity index is 1.97. The predicted molar refractivity (Wildman–Crippen MR) is 71.9 cm³/mol. The Morgan fingerprint density at radius 2 is 2.11 bits per heavy atom. The zero-order valence-corrected chi connectivity index (χ0v) is 10.8. The molecule has 4 heteroatoms. The first kappa shape index (κ1) is 12.8. The van der Waals surface area contributed by atoms with E-state index in [2.05, 4.69) is 24.1 Å². The molecule has 1 aliphatic heterocycles. The molecule has 2 unspecified atom stereocenters. The minimum atomic E-state index is 0.0563. The van der Waals surface area contributed by atoms with Gasteiger partial charge in [0, 0.05) is 37.4 Å². The number of nitrogens with zero attached hydrogens (tertiary/aromatic N) is 2. The molecule has 1 aromatic heterocycles. The van der Waals surface area contributed by atoms with Gasteiger partial charge >= 0.3 is 0 Å². The van der Waals surface area contributed by atoms with E-state index in [-0.39, 0.29) is 5.91 Å². The lowest BCUT2D eigenvalue weighted by Crippen LogP contribution is -2.55. The van der Waals surface area contributed by atoms with Crippen LogP contribution in [0.25, 0.3) is 6.08 Å². The molecule has 0 spiro atoms. The third-order valence-corrected chi connectivity index (χ3v) is 2.95. The first-order chi connectivity index (χ1) is 8.65. The highest BCUT2D eigenvalue weighted by Gasteiger charge is 2.23. The van der Waals surface area contributed by atoms with E-state index >= 15 is 0 Å². The van der Waals surface area contributed by atoms with E-state index in [1.54, 1.807) is 18.3 Å². The van der Waals surface area contributed by atoms with Gasteiger partial charge in [-0.2, -0.15) is 0 Å². The number of nitrogens with one attached hydrogen (secondary N) is 1. The molecule has 1 amide bonds. The van der Waals surface area contributed by atoms with Crippen molar-refractivity contribution in [2.24, 2.45) is 0 Å². The number of amides is 1. The summed E-state index contributed by atoms with van der Waals surface area (Å²) < 4.78 is 0. The highest BCUT2D eigenvalue weighted by Crippen LogP contribution is 2.06. The maximum Gasteiger partial charge on any atom is 0.246 e. The number of pyridine rings is 1. The Labute approximate surface area is 108 Å². The second kappa shape index (κ2) is 5.78. The van der Waals surface area contributed by atoms with E-state index in [0.29, 0.717) is 12.1 Å². The molecule has 96 valence electrons. The lowest BCUT2D eigenvalue weighted by Gasteiger charge is -2.35. The molecule has 2 atom stereocenters. The van der Waals surface area contributed by atoms with E-state index < -0.39 is 0 Å². The lowest BCUT2D eigenvalue weighted by molar-refractivity contribution is -0.127. The van der Waals surface area contributed by atoms with Gasteiger partial charge in [0.2, 0.25) is 5.91 Å². The Bertz CT molecular complexity index is 420. The molecule has 0 saturated carbocycles. The Kier molecular flexibility index (Phi) is 4.10. The summed E-state index contributed by atoms with van der Waals surface area (Å²) in [6, 6.07) is 6.35. The lowest BCUT2D eigenvalue weighted by atomic mass is 10.1. The summed E-state index contributed by atoms with van der Waals surface area (Å²) in [4.78, 5) is 18.1. The minimum absolute atomic E-state index is 0.0563. The van der Waals surface area contributed by atoms with E-state index in [1.165, 1.54) is 0 Å². The number of rotatable bonds is 2. The number of hydrogen-bond donors (Lipinski definition) is 1. The van der Waals surface area contributed by atoms with Crippen LogP contribution in [-0.4, -0.2) is 41.0 Å². The molecule has 1 aromatic rings. The van der Waals surface area contributed by atoms with Crippen molar-refractivity contribution in [3.05, 3.63) is 36.2 Å². The van der Waals surface area contributed by atoms with Crippen LogP contribution in [0.3, 0.4) is 0 Å². The van der Waals surface area contributed by atoms with Crippen LogP contribution in [0.4, 0.5) is 0 Å². The van der Waals surface area contributed by atoms with Crippen LogP contribution < -0.4 is 5.32 Å². The van der Waals surface area contributed by atoms with Crippen molar-refractivity contribution in [2.75, 3.05) is 13.1 Å². The van der Waals surface area contributed by atoms with Gasteiger partial charge in [-0.25, -0.2) is 0 Å². The predicted octanol–water partition coefficient (Wildman–Crippen LogP) is 1.30. The molecule has 1 saturated heterocycles. The smallest absolute Gasteiger partial charge is 0.246 e. The standard InChI is InChI=1S/C14H19N3O/c1-11-9-17(10-12(2)16-11)14(18)7-6-13-5-3-4-8-15-13/h3-8,11-12,16H,9-10H2,1-2H3. The summed E-state index contributed by atoms with van der Waals surface area (Å²) in [5.41, 5.74) is 0.807. The zero-order chi connectivity index (χ0) is 13.0. The summed E-state index contributed by atoms with van der Waals surface area (Å²) in [6.45, 7) is 5.71. The van der Waals surface area contributed by atoms with Crippen LogP contribution in [-0.2, 0) is 4.79 Å². The van der Waals surface area contributed by atoms with Gasteiger partial charge in [0.1, 0.15) is 0 Å². The molecule has 2 rings (SSSR count). The fraction of sp³-hybridized carbons (Fsp3) is 0.429. The average molecular weight is 245 g/mol. The molecule has 2 heterocycles. The monoisotopic (exact) mass is 245 g/mol. The molecule has 4 nitrogen and oxygen atoms in total. The molecule has 0 aliphatic carbocycles. The van der Waals surface area contributed by atoms with Gasteiger partial charge in [0.05, 0.1) is 5.69 Å². The molecule has 18 heavy (non-hydrogen) atoms. The molecular weight excluding hydrogens is 226 g/mol. The molecule has 0 radical (unpaired) electrons. The number of piperazine rings is 1. The topological polar surface area (TPSA) is 45.2 Å². The second-order valence-electron chi connectivity index (χ2n) is 4.80. The van der Waals surface area contributed by atoms with Gasteiger partial charge in [-0.1, -0.05) is 6.07 Å². The normalized spacial score (nSPS) is 24.4. The summed E-state index contributed by atoms with van der Waals surface area (Å²) >= 11 is 0. The number of hydrogen-bond acceptors (Lipinski definition) is 3. The van der Waals surface area contributed by atoms with Crippen LogP contribution in [0.1, 0.15) is 19.5 Å². The van der Waals surface area contributed by atoms with Gasteiger partial charge in [-0.05, 0) is 32.1 Å². The fourth-order valence-corrected chi connectivity index (χ4v) is 2.24. The fourth-order valence-electron chi connectivity index (χ4n) is 2.24. The van der Waals surface area contributed by atoms with E-state index in [4.69, 9.17) is 0 Å². The van der Waals surface area contributed by atoms with Crippen LogP contribution in [0.5, 0.6) is 0 Å². The molecule has 1 aliphatic rings. The van der Waals surface area contributed by atoms with Crippen LogP contribution >= 0.6 is 0 Å². The molecular formula is C14H19N3O. The third-order valence-electron chi connectivity index (χ3n) is 2.95. The van der Waals surface area contributed by atoms with Gasteiger partial charge in [-0.3, -0.25) is 9.78 Å². The maximum absolute atomic E-state index is 12.0. The van der Waals surface area contributed by atoms with Crippen molar-refractivity contribution in [1.29, 1.82) is 0 Å². The third kappa shape index (κ3) is 3.40. The first-order valence-corrected chi connectivity index (χ1v) is 6.29. The molecule has 1 N–H and O–H groups in total. The maximum atomic E-state index is 12.0. The molecule has 1 fully saturated rings. The summed E-state index contributed by atoms with van der Waals surface area (Å²) in [5, 5.41) is 3.41. The highest BCUT2D eigenvalue weighted by molar-refractivity contribution is 5.91. The van der Waals surface area contributed by atoms with Crippen molar-refractivity contribution in [1.82, 2.24) is 15.2 Å². The summed E-state index contributed by atoms with van der Waals surface area (Å²) in [7, 11) is 0. The van der Waals surface area contributed by atoms with Crippen molar-refractivity contribution in [2.45, 2.75) is 25.9 Å². The SMILES string of the molecule is CC1CN(C(=O)C=Cc2ccccn2)CC(C)N1. The Morgan fingerprint density at radius 1 is 1.39 bits per heavy atom. The van der Waals surface area contributed by atoms with Crippen LogP contribution in [0.2, 0.25) is 0 Å². The summed E-state index contributed by atoms with van der Waals surface area (Å²) in [6.07, 6.45) is 5.09. The van der Waals surface area contributed by atoms with Gasteiger partial charge < -0.3 is 10.2 Å². The number of aromatic nitrogens is 1. The van der Waals surface area contributed by atoms with Gasteiger partial charge in [0.25, 0.3) is 0 Å². The van der Waals surface area contributed by atoms with Gasteiger partial charge in [-0.15, -0.1) is 0 Å². The van der Waals surface area contributed by atoms with Crippen LogP contribution in [0, 0.1) is 0 Å². The molecule has 0 bridgehead atoms. The van der Waals surface area contributed by atoms with E-state index in [1.807, 2.05) is 23.1 Å². The highest BCUT2D eigenvalue weighted by atomic mass is 16.2. The van der Waals surface area contributed by atoms with E-state index in [9.17, 15) is 4.79 Å². The number of carbonyl (C=O) groups excluding carboxylic acids is 1. The first-order valence-electron chi connectivity index (χ1n) is 6.29. The van der Waals surface area contributed by atoms with E-state index in [0.717, 1.165) is 18.8 Å².